The third kappa shape index (κ3) is 3.14. The predicted octanol–water partition coefficient (Wildman–Crippen LogP) is 9.71. The van der Waals surface area contributed by atoms with E-state index in [0.717, 1.165) is 33.5 Å². The Hall–Kier alpha value is -5.54. The molecule has 0 fully saturated rings. The maximum absolute atomic E-state index is 5.34. The van der Waals surface area contributed by atoms with Gasteiger partial charge in [-0.2, -0.15) is 0 Å². The molecule has 9 rings (SSSR count). The van der Waals surface area contributed by atoms with E-state index in [9.17, 15) is 0 Å². The third-order valence-electron chi connectivity index (χ3n) is 8.41. The lowest BCUT2D eigenvalue weighted by molar-refractivity contribution is 1.17. The van der Waals surface area contributed by atoms with Crippen molar-refractivity contribution >= 4 is 32.8 Å². The quantitative estimate of drug-likeness (QED) is 0.215. The first-order chi connectivity index (χ1) is 20.4. The second-order valence-electron chi connectivity index (χ2n) is 10.6. The lowest BCUT2D eigenvalue weighted by Crippen LogP contribution is -2.04. The van der Waals surface area contributed by atoms with Crippen molar-refractivity contribution in [3.05, 3.63) is 140 Å². The zero-order valence-electron chi connectivity index (χ0n) is 22.1. The largest absolute Gasteiger partial charge is 0.309 e. The summed E-state index contributed by atoms with van der Waals surface area (Å²) in [5.41, 5.74) is 13.4. The maximum atomic E-state index is 5.34. The van der Waals surface area contributed by atoms with E-state index in [0.29, 0.717) is 0 Å². The van der Waals surface area contributed by atoms with Gasteiger partial charge in [0, 0.05) is 33.5 Å². The summed E-state index contributed by atoms with van der Waals surface area (Å²) in [6, 6.07) is 47.8. The normalized spacial score (nSPS) is 11.9. The number of rotatable bonds is 1. The van der Waals surface area contributed by atoms with Crippen molar-refractivity contribution in [3.63, 3.8) is 0 Å². The first-order valence-electron chi connectivity index (χ1n) is 13.9. The van der Waals surface area contributed by atoms with Gasteiger partial charge in [0.1, 0.15) is 0 Å². The van der Waals surface area contributed by atoms with Crippen LogP contribution in [-0.2, 0) is 0 Å². The summed E-state index contributed by atoms with van der Waals surface area (Å²) >= 11 is 0. The minimum atomic E-state index is 0.751. The first-order valence-corrected chi connectivity index (χ1v) is 13.9. The van der Waals surface area contributed by atoms with Crippen LogP contribution in [0.5, 0.6) is 0 Å². The number of nitrogens with zero attached hydrogens (tertiary/aromatic N) is 3. The van der Waals surface area contributed by atoms with Crippen LogP contribution in [0.15, 0.2) is 140 Å². The molecule has 0 radical (unpaired) electrons. The lowest BCUT2D eigenvalue weighted by Gasteiger charge is -2.25. The van der Waals surface area contributed by atoms with Gasteiger partial charge in [-0.05, 0) is 64.2 Å². The van der Waals surface area contributed by atoms with Gasteiger partial charge in [-0.15, -0.1) is 0 Å². The molecule has 0 amide bonds. The van der Waals surface area contributed by atoms with Gasteiger partial charge < -0.3 is 4.57 Å². The topological polar surface area (TPSA) is 30.7 Å². The molecule has 0 spiro atoms. The fourth-order valence-corrected chi connectivity index (χ4v) is 6.69. The van der Waals surface area contributed by atoms with Crippen molar-refractivity contribution in [2.45, 2.75) is 0 Å². The fraction of sp³-hybridized carbons (Fsp3) is 0. The van der Waals surface area contributed by atoms with Crippen molar-refractivity contribution in [1.82, 2.24) is 14.5 Å². The Balaban J connectivity index is 1.52. The standard InChI is InChI=1S/C38H23N3/c1-3-14-27-25(12-1)26-13-2-4-15-28(26)32-23-24-11-10-22-39-38(24)40-37(32)36-31(27)18-9-21-35(36)41-33-19-7-5-16-29(33)30-17-6-8-20-34(30)41/h1-23H. The van der Waals surface area contributed by atoms with Crippen LogP contribution in [0.2, 0.25) is 0 Å². The number of hydrogen-bond donors (Lipinski definition) is 0. The lowest BCUT2D eigenvalue weighted by atomic mass is 9.82. The number of hydrogen-bond acceptors (Lipinski definition) is 2. The van der Waals surface area contributed by atoms with Gasteiger partial charge in [0.05, 0.1) is 22.4 Å². The van der Waals surface area contributed by atoms with Crippen LogP contribution in [0, 0.1) is 0 Å². The molecule has 1 aliphatic carbocycles. The Bertz CT molecular complexity index is 2270. The molecule has 0 aliphatic heterocycles. The van der Waals surface area contributed by atoms with Crippen molar-refractivity contribution in [2.75, 3.05) is 0 Å². The summed E-state index contributed by atoms with van der Waals surface area (Å²) in [5, 5.41) is 3.52. The van der Waals surface area contributed by atoms with E-state index in [-0.39, 0.29) is 0 Å². The molecule has 1 aliphatic rings. The number of aromatic nitrogens is 3. The summed E-state index contributed by atoms with van der Waals surface area (Å²) < 4.78 is 2.41. The molecule has 3 nitrogen and oxygen atoms in total. The summed E-state index contributed by atoms with van der Waals surface area (Å²) in [6.07, 6.45) is 1.83. The van der Waals surface area contributed by atoms with Crippen LogP contribution in [-0.4, -0.2) is 14.5 Å². The minimum absolute atomic E-state index is 0.751. The highest BCUT2D eigenvalue weighted by Gasteiger charge is 2.27. The van der Waals surface area contributed by atoms with Gasteiger partial charge in [-0.3, -0.25) is 0 Å². The molecule has 0 saturated heterocycles. The summed E-state index contributed by atoms with van der Waals surface area (Å²) in [6.45, 7) is 0. The van der Waals surface area contributed by atoms with Gasteiger partial charge in [-0.25, -0.2) is 9.97 Å². The van der Waals surface area contributed by atoms with Crippen LogP contribution >= 0.6 is 0 Å². The summed E-state index contributed by atoms with van der Waals surface area (Å²) in [7, 11) is 0. The molecular formula is C38H23N3. The van der Waals surface area contributed by atoms with Crippen LogP contribution in [0.3, 0.4) is 0 Å². The Morgan fingerprint density at radius 3 is 1.71 bits per heavy atom. The second kappa shape index (κ2) is 8.48. The van der Waals surface area contributed by atoms with E-state index in [1.165, 1.54) is 49.6 Å². The number of para-hydroxylation sites is 2. The average molecular weight is 522 g/mol. The molecule has 3 heteroatoms. The van der Waals surface area contributed by atoms with Gasteiger partial charge in [0.15, 0.2) is 5.65 Å². The first kappa shape index (κ1) is 22.3. The van der Waals surface area contributed by atoms with Crippen LogP contribution < -0.4 is 0 Å². The molecule has 3 aromatic heterocycles. The molecule has 0 unspecified atom stereocenters. The zero-order chi connectivity index (χ0) is 26.9. The number of benzene rings is 5. The summed E-state index contributed by atoms with van der Waals surface area (Å²) in [4.78, 5) is 10.0. The third-order valence-corrected chi connectivity index (χ3v) is 8.41. The number of pyridine rings is 2. The van der Waals surface area contributed by atoms with E-state index in [2.05, 4.69) is 132 Å². The maximum Gasteiger partial charge on any atom is 0.159 e. The van der Waals surface area contributed by atoms with Crippen LogP contribution in [0.1, 0.15) is 0 Å². The second-order valence-corrected chi connectivity index (χ2v) is 10.6. The van der Waals surface area contributed by atoms with Gasteiger partial charge in [0.2, 0.25) is 0 Å². The highest BCUT2D eigenvalue weighted by Crippen LogP contribution is 2.50. The van der Waals surface area contributed by atoms with E-state index in [4.69, 9.17) is 9.97 Å². The molecular weight excluding hydrogens is 498 g/mol. The molecule has 0 saturated carbocycles. The monoisotopic (exact) mass is 521 g/mol. The molecule has 3 heterocycles. The molecule has 0 atom stereocenters. The molecule has 8 aromatic rings. The average Bonchev–Trinajstić information content (AvgIpc) is 3.37. The molecule has 0 bridgehead atoms. The van der Waals surface area contributed by atoms with Crippen LogP contribution in [0.4, 0.5) is 0 Å². The van der Waals surface area contributed by atoms with Crippen molar-refractivity contribution < 1.29 is 0 Å². The van der Waals surface area contributed by atoms with E-state index in [1.807, 2.05) is 12.3 Å². The van der Waals surface area contributed by atoms with Crippen LogP contribution in [0.25, 0.3) is 83.2 Å². The predicted molar refractivity (Wildman–Crippen MR) is 169 cm³/mol. The SMILES string of the molecule is c1ccc2c(c1)-c1ccccc1-c1cccc(-n3c4ccccc4c4ccccc43)c1-c1nc3ncccc3cc1-2. The Labute approximate surface area is 237 Å². The van der Waals surface area contributed by atoms with E-state index in [1.54, 1.807) is 0 Å². The minimum Gasteiger partial charge on any atom is -0.309 e. The van der Waals surface area contributed by atoms with E-state index >= 15 is 0 Å². The molecule has 41 heavy (non-hydrogen) atoms. The Morgan fingerprint density at radius 2 is 1.02 bits per heavy atom. The van der Waals surface area contributed by atoms with Crippen molar-refractivity contribution in [3.8, 4) is 50.3 Å². The molecule has 0 N–H and O–H groups in total. The molecule has 5 aromatic carbocycles. The molecule has 190 valence electrons. The van der Waals surface area contributed by atoms with E-state index < -0.39 is 0 Å². The van der Waals surface area contributed by atoms with Gasteiger partial charge in [0.25, 0.3) is 0 Å². The summed E-state index contributed by atoms with van der Waals surface area (Å²) in [5.74, 6) is 0. The highest BCUT2D eigenvalue weighted by atomic mass is 15.0. The van der Waals surface area contributed by atoms with Gasteiger partial charge >= 0.3 is 0 Å². The Morgan fingerprint density at radius 1 is 0.463 bits per heavy atom. The fourth-order valence-electron chi connectivity index (χ4n) is 6.69. The zero-order valence-corrected chi connectivity index (χ0v) is 22.1. The van der Waals surface area contributed by atoms with Crippen molar-refractivity contribution in [2.24, 2.45) is 0 Å². The highest BCUT2D eigenvalue weighted by molar-refractivity contribution is 6.11. The Kier molecular flexibility index (Phi) is 4.61. The van der Waals surface area contributed by atoms with Gasteiger partial charge in [-0.1, -0.05) is 97.1 Å². The van der Waals surface area contributed by atoms with Crippen molar-refractivity contribution in [1.29, 1.82) is 0 Å². The smallest absolute Gasteiger partial charge is 0.159 e. The number of fused-ring (bicyclic) bond motifs is 12.